The first-order valence-corrected chi connectivity index (χ1v) is 8.71. The molecule has 0 unspecified atom stereocenters. The number of rotatable bonds is 4. The number of hydrogen-bond donors (Lipinski definition) is 1. The van der Waals surface area contributed by atoms with Crippen LogP contribution in [0, 0.1) is 0 Å². The van der Waals surface area contributed by atoms with Gasteiger partial charge >= 0.3 is 0 Å². The highest BCUT2D eigenvalue weighted by molar-refractivity contribution is 6.00. The van der Waals surface area contributed by atoms with Crippen molar-refractivity contribution >= 4 is 22.6 Å². The molecule has 0 spiro atoms. The number of benzene rings is 2. The second-order valence-electron chi connectivity index (χ2n) is 6.20. The van der Waals surface area contributed by atoms with Gasteiger partial charge in [-0.3, -0.25) is 4.79 Å². The van der Waals surface area contributed by atoms with Gasteiger partial charge in [0.25, 0.3) is 5.91 Å². The second kappa shape index (κ2) is 7.49. The van der Waals surface area contributed by atoms with E-state index in [1.165, 1.54) is 0 Å². The first-order chi connectivity index (χ1) is 12.8. The van der Waals surface area contributed by atoms with E-state index >= 15 is 0 Å². The Hall–Kier alpha value is -2.99. The first kappa shape index (κ1) is 16.5. The lowest BCUT2D eigenvalue weighted by Gasteiger charge is -2.28. The summed E-state index contributed by atoms with van der Waals surface area (Å²) in [5, 5.41) is 3.86. The van der Waals surface area contributed by atoms with Crippen LogP contribution in [0.5, 0.6) is 0 Å². The van der Waals surface area contributed by atoms with Crippen LogP contribution in [0.3, 0.4) is 0 Å². The molecule has 132 valence electrons. The van der Waals surface area contributed by atoms with E-state index in [0.717, 1.165) is 35.4 Å². The van der Waals surface area contributed by atoms with Crippen LogP contribution >= 0.6 is 0 Å². The summed E-state index contributed by atoms with van der Waals surface area (Å²) in [6.45, 7) is 3.44. The molecule has 0 bridgehead atoms. The van der Waals surface area contributed by atoms with Crippen molar-refractivity contribution in [1.82, 2.24) is 15.3 Å². The molecule has 3 aromatic rings. The normalized spacial score (nSPS) is 14.4. The minimum Gasteiger partial charge on any atom is -0.378 e. The van der Waals surface area contributed by atoms with Crippen molar-refractivity contribution in [3.8, 4) is 0 Å². The average molecular weight is 348 g/mol. The minimum absolute atomic E-state index is 0.104. The van der Waals surface area contributed by atoms with Crippen LogP contribution in [-0.4, -0.2) is 42.2 Å². The third-order valence-corrected chi connectivity index (χ3v) is 4.48. The molecule has 1 fully saturated rings. The second-order valence-corrected chi connectivity index (χ2v) is 6.20. The van der Waals surface area contributed by atoms with Crippen LogP contribution in [-0.2, 0) is 11.3 Å². The summed E-state index contributed by atoms with van der Waals surface area (Å²) in [4.78, 5) is 23.5. The number of carbonyl (C=O) groups is 1. The predicted octanol–water partition coefficient (Wildman–Crippen LogP) is 2.40. The highest BCUT2D eigenvalue weighted by Crippen LogP contribution is 2.24. The largest absolute Gasteiger partial charge is 0.378 e. The Morgan fingerprint density at radius 2 is 1.88 bits per heavy atom. The predicted molar refractivity (Wildman–Crippen MR) is 100 cm³/mol. The van der Waals surface area contributed by atoms with Crippen molar-refractivity contribution < 1.29 is 9.53 Å². The molecule has 1 saturated heterocycles. The van der Waals surface area contributed by atoms with Crippen molar-refractivity contribution in [1.29, 1.82) is 0 Å². The Morgan fingerprint density at radius 1 is 1.08 bits per heavy atom. The van der Waals surface area contributed by atoms with Crippen LogP contribution in [0.1, 0.15) is 15.9 Å². The molecule has 0 atom stereocenters. The van der Waals surface area contributed by atoms with Gasteiger partial charge in [0.15, 0.2) is 0 Å². The van der Waals surface area contributed by atoms with Crippen LogP contribution in [0.4, 0.5) is 5.82 Å². The highest BCUT2D eigenvalue weighted by Gasteiger charge is 2.17. The molecule has 1 aliphatic heterocycles. The molecule has 1 aliphatic rings. The highest BCUT2D eigenvalue weighted by atomic mass is 16.5. The van der Waals surface area contributed by atoms with Crippen LogP contribution in [0.15, 0.2) is 54.9 Å². The first-order valence-electron chi connectivity index (χ1n) is 8.71. The molecule has 2 aromatic carbocycles. The molecule has 0 saturated carbocycles. The molecule has 6 heteroatoms. The summed E-state index contributed by atoms with van der Waals surface area (Å²) in [7, 11) is 0. The number of fused-ring (bicyclic) bond motifs is 1. The van der Waals surface area contributed by atoms with Gasteiger partial charge in [-0.25, -0.2) is 9.97 Å². The maximum Gasteiger partial charge on any atom is 0.251 e. The zero-order valence-corrected chi connectivity index (χ0v) is 14.4. The number of nitrogens with one attached hydrogen (secondary N) is 1. The van der Waals surface area contributed by atoms with Gasteiger partial charge in [0.05, 0.1) is 18.7 Å². The fourth-order valence-electron chi connectivity index (χ4n) is 3.09. The fourth-order valence-corrected chi connectivity index (χ4v) is 3.09. The smallest absolute Gasteiger partial charge is 0.251 e. The van der Waals surface area contributed by atoms with Gasteiger partial charge in [-0.05, 0) is 23.8 Å². The van der Waals surface area contributed by atoms with E-state index in [-0.39, 0.29) is 5.91 Å². The summed E-state index contributed by atoms with van der Waals surface area (Å²) in [6, 6.07) is 15.4. The van der Waals surface area contributed by atoms with E-state index in [4.69, 9.17) is 4.74 Å². The van der Waals surface area contributed by atoms with Crippen molar-refractivity contribution in [3.63, 3.8) is 0 Å². The lowest BCUT2D eigenvalue weighted by Crippen LogP contribution is -2.36. The molecule has 6 nitrogen and oxygen atoms in total. The molecule has 0 aliphatic carbocycles. The van der Waals surface area contributed by atoms with Crippen molar-refractivity contribution in [2.45, 2.75) is 6.54 Å². The quantitative estimate of drug-likeness (QED) is 0.784. The standard InChI is InChI=1S/C20H20N4O2/c25-20(21-13-15-4-2-1-3-5-15)16-6-7-18-17(12-16)19(23-14-22-18)24-8-10-26-11-9-24/h1-7,12,14H,8-11,13H2,(H,21,25). The van der Waals surface area contributed by atoms with E-state index < -0.39 is 0 Å². The maximum atomic E-state index is 12.6. The third-order valence-electron chi connectivity index (χ3n) is 4.48. The number of morpholine rings is 1. The zero-order chi connectivity index (χ0) is 17.8. The Labute approximate surface area is 151 Å². The summed E-state index contributed by atoms with van der Waals surface area (Å²) < 4.78 is 5.42. The number of hydrogen-bond acceptors (Lipinski definition) is 5. The molecule has 2 heterocycles. The van der Waals surface area contributed by atoms with E-state index in [0.29, 0.717) is 25.3 Å². The summed E-state index contributed by atoms with van der Waals surface area (Å²) in [6.07, 6.45) is 1.57. The summed E-state index contributed by atoms with van der Waals surface area (Å²) in [5.41, 5.74) is 2.51. The molecular formula is C20H20N4O2. The number of anilines is 1. The van der Waals surface area contributed by atoms with Crippen LogP contribution < -0.4 is 10.2 Å². The SMILES string of the molecule is O=C(NCc1ccccc1)c1ccc2ncnc(N3CCOCC3)c2c1. The number of aromatic nitrogens is 2. The van der Waals surface area contributed by atoms with Crippen molar-refractivity contribution in [2.75, 3.05) is 31.2 Å². The van der Waals surface area contributed by atoms with Gasteiger partial charge in [0.2, 0.25) is 0 Å². The number of carbonyl (C=O) groups excluding carboxylic acids is 1. The van der Waals surface area contributed by atoms with Crippen LogP contribution in [0.25, 0.3) is 10.9 Å². The van der Waals surface area contributed by atoms with E-state index in [1.807, 2.05) is 42.5 Å². The zero-order valence-electron chi connectivity index (χ0n) is 14.4. The Bertz CT molecular complexity index is 908. The molecule has 26 heavy (non-hydrogen) atoms. The lowest BCUT2D eigenvalue weighted by molar-refractivity contribution is 0.0951. The monoisotopic (exact) mass is 348 g/mol. The van der Waals surface area contributed by atoms with Gasteiger partial charge in [-0.1, -0.05) is 30.3 Å². The van der Waals surface area contributed by atoms with Crippen molar-refractivity contribution in [2.24, 2.45) is 0 Å². The fraction of sp³-hybridized carbons (Fsp3) is 0.250. The Morgan fingerprint density at radius 3 is 2.69 bits per heavy atom. The molecule has 1 amide bonds. The number of ether oxygens (including phenoxy) is 1. The van der Waals surface area contributed by atoms with Gasteiger partial charge in [-0.2, -0.15) is 0 Å². The maximum absolute atomic E-state index is 12.6. The Kier molecular flexibility index (Phi) is 4.75. The van der Waals surface area contributed by atoms with E-state index in [9.17, 15) is 4.79 Å². The molecular weight excluding hydrogens is 328 g/mol. The molecule has 4 rings (SSSR count). The molecule has 1 aromatic heterocycles. The number of amides is 1. The summed E-state index contributed by atoms with van der Waals surface area (Å²) >= 11 is 0. The lowest BCUT2D eigenvalue weighted by atomic mass is 10.1. The average Bonchev–Trinajstić information content (AvgIpc) is 2.72. The third kappa shape index (κ3) is 3.50. The molecule has 1 N–H and O–H groups in total. The van der Waals surface area contributed by atoms with Crippen molar-refractivity contribution in [3.05, 3.63) is 66.0 Å². The van der Waals surface area contributed by atoms with E-state index in [2.05, 4.69) is 20.2 Å². The number of nitrogens with zero attached hydrogens (tertiary/aromatic N) is 3. The van der Waals surface area contributed by atoms with Crippen LogP contribution in [0.2, 0.25) is 0 Å². The topological polar surface area (TPSA) is 67.4 Å². The van der Waals surface area contributed by atoms with Gasteiger partial charge in [0, 0.05) is 30.6 Å². The molecule has 0 radical (unpaired) electrons. The minimum atomic E-state index is -0.104. The Balaban J connectivity index is 1.58. The van der Waals surface area contributed by atoms with Gasteiger partial charge < -0.3 is 15.0 Å². The van der Waals surface area contributed by atoms with Gasteiger partial charge in [-0.15, -0.1) is 0 Å². The van der Waals surface area contributed by atoms with Gasteiger partial charge in [0.1, 0.15) is 12.1 Å². The summed E-state index contributed by atoms with van der Waals surface area (Å²) in [5.74, 6) is 0.753. The van der Waals surface area contributed by atoms with E-state index in [1.54, 1.807) is 12.4 Å².